The molecule has 7 heteroatoms. The van der Waals surface area contributed by atoms with Crippen molar-refractivity contribution in [2.45, 2.75) is 78.6 Å². The average Bonchev–Trinajstić information content (AvgIpc) is 1.42. The Labute approximate surface area is 729 Å². The molecule has 6 nitrogen and oxygen atoms in total. The Balaban J connectivity index is 0.926. The minimum absolute atomic E-state index is 0.322. The number of nitrogens with zero attached hydrogens (tertiary/aromatic N) is 4. The van der Waals surface area contributed by atoms with Gasteiger partial charge in [0.2, 0.25) is 0 Å². The van der Waals surface area contributed by atoms with E-state index in [4.69, 9.17) is 8.83 Å². The largest absolute Gasteiger partial charge is 0.456 e. The molecular formula is C118H91BN4O2. The van der Waals surface area contributed by atoms with Gasteiger partial charge in [0, 0.05) is 99.8 Å². The fourth-order valence-corrected chi connectivity index (χ4v) is 20.3. The third-order valence-electron chi connectivity index (χ3n) is 26.4. The monoisotopic (exact) mass is 1610 g/mol. The van der Waals surface area contributed by atoms with Gasteiger partial charge in [0.25, 0.3) is 6.71 Å². The predicted molar refractivity (Wildman–Crippen MR) is 528 cm³/mol. The highest BCUT2D eigenvalue weighted by Gasteiger charge is 2.47. The molecule has 23 rings (SSSR count). The summed E-state index contributed by atoms with van der Waals surface area (Å²) in [5.74, 6) is 1.58. The van der Waals surface area contributed by atoms with Crippen LogP contribution in [0.4, 0.5) is 34.1 Å². The molecule has 0 N–H and O–H groups in total. The molecule has 17 aromatic carbocycles. The Morgan fingerprint density at radius 1 is 0.232 bits per heavy atom. The number of anilines is 6. The fraction of sp³-hybridized carbons (Fsp3) is 0.102. The van der Waals surface area contributed by atoms with Crippen molar-refractivity contribution < 1.29 is 8.83 Å². The highest BCUT2D eigenvalue weighted by Crippen LogP contribution is 2.59. The predicted octanol–water partition coefficient (Wildman–Crippen LogP) is 30.7. The molecule has 0 bridgehead atoms. The van der Waals surface area contributed by atoms with E-state index in [9.17, 15) is 0 Å². The summed E-state index contributed by atoms with van der Waals surface area (Å²) >= 11 is 0. The van der Waals surface area contributed by atoms with Gasteiger partial charge < -0.3 is 27.8 Å². The van der Waals surface area contributed by atoms with Gasteiger partial charge >= 0.3 is 0 Å². The smallest absolute Gasteiger partial charge is 0.252 e. The molecule has 0 atom stereocenters. The van der Waals surface area contributed by atoms with Gasteiger partial charge in [-0.05, 0) is 203 Å². The average molecular weight is 1610 g/mol. The lowest BCUT2D eigenvalue weighted by Crippen LogP contribution is -2.61. The topological polar surface area (TPSA) is 42.6 Å². The zero-order valence-electron chi connectivity index (χ0n) is 71.6. The molecule has 0 saturated heterocycles. The first kappa shape index (κ1) is 75.1. The lowest BCUT2D eigenvalue weighted by atomic mass is 9.33. The molecule has 0 amide bonds. The standard InChI is InChI=1S/C118H91BN4O2/c1-116(2,3)78-66-95(85-44-20-18-42-83(85)74-36-12-10-13-37-74)114(96(67-78)86-45-21-19-43-84(86)75-38-14-11-15-39-75)122-105-72-81(120-101-54-30-26-48-89(101)90-49-27-31-55-102(90)120)60-62-99(105)119-100-63-61-82(121-103-56-32-28-50-91(103)92-51-29-33-57-104(92)121)73-106(100)123(108-71-80(118(7,8)9)70-107(122)113(108)119)115-97(87-46-22-24-52-93(87)111-64-76-40-16-34-58-109(76)124-111)68-79(117(4,5)6)69-98(115)88-47-23-25-53-94(88)112-65-77-41-17-35-59-110(77)125-112/h10-73H,1-9H3. The third kappa shape index (κ3) is 12.3. The summed E-state index contributed by atoms with van der Waals surface area (Å²) in [6.45, 7) is 21.1. The lowest BCUT2D eigenvalue weighted by Gasteiger charge is -2.47. The van der Waals surface area contributed by atoms with Crippen molar-refractivity contribution in [3.63, 3.8) is 0 Å². The van der Waals surface area contributed by atoms with Crippen molar-refractivity contribution >= 4 is 123 Å². The van der Waals surface area contributed by atoms with Crippen LogP contribution in [-0.4, -0.2) is 15.8 Å². The van der Waals surface area contributed by atoms with Crippen molar-refractivity contribution in [2.24, 2.45) is 0 Å². The molecule has 21 aromatic rings. The zero-order chi connectivity index (χ0) is 84.3. The minimum Gasteiger partial charge on any atom is -0.456 e. The number of hydrogen-bond donors (Lipinski definition) is 0. The van der Waals surface area contributed by atoms with E-state index >= 15 is 0 Å². The van der Waals surface area contributed by atoms with Gasteiger partial charge in [-0.3, -0.25) is 0 Å². The second kappa shape index (κ2) is 28.9. The molecule has 598 valence electrons. The van der Waals surface area contributed by atoms with Crippen molar-refractivity contribution in [1.82, 2.24) is 9.13 Å². The number of fused-ring (bicyclic) bond motifs is 12. The number of aromatic nitrogens is 2. The van der Waals surface area contributed by atoms with Gasteiger partial charge in [0.15, 0.2) is 0 Å². The van der Waals surface area contributed by atoms with Gasteiger partial charge in [-0.1, -0.05) is 341 Å². The van der Waals surface area contributed by atoms with Crippen molar-refractivity contribution in [2.75, 3.05) is 9.80 Å². The van der Waals surface area contributed by atoms with Gasteiger partial charge in [0.1, 0.15) is 22.7 Å². The van der Waals surface area contributed by atoms with Crippen molar-refractivity contribution in [3.05, 3.63) is 405 Å². The van der Waals surface area contributed by atoms with Crippen LogP contribution in [0, 0.1) is 0 Å². The molecule has 2 aliphatic rings. The highest BCUT2D eigenvalue weighted by atomic mass is 16.3. The maximum absolute atomic E-state index is 7.16. The van der Waals surface area contributed by atoms with E-state index in [2.05, 4.69) is 469 Å². The summed E-state index contributed by atoms with van der Waals surface area (Å²) in [6.07, 6.45) is 0. The molecule has 6 heterocycles. The summed E-state index contributed by atoms with van der Waals surface area (Å²) in [7, 11) is 0. The van der Waals surface area contributed by atoms with E-state index in [1.807, 2.05) is 0 Å². The molecule has 0 unspecified atom stereocenters. The lowest BCUT2D eigenvalue weighted by molar-refractivity contribution is 0.590. The van der Waals surface area contributed by atoms with Crippen LogP contribution in [-0.2, 0) is 16.2 Å². The van der Waals surface area contributed by atoms with Crippen LogP contribution in [0.2, 0.25) is 0 Å². The summed E-state index contributed by atoms with van der Waals surface area (Å²) in [4.78, 5) is 5.51. The van der Waals surface area contributed by atoms with Crippen LogP contribution in [0.1, 0.15) is 79.0 Å². The van der Waals surface area contributed by atoms with Gasteiger partial charge in [-0.25, -0.2) is 0 Å². The van der Waals surface area contributed by atoms with E-state index in [-0.39, 0.29) is 17.5 Å². The Hall–Kier alpha value is -14.9. The zero-order valence-corrected chi connectivity index (χ0v) is 71.6. The third-order valence-corrected chi connectivity index (χ3v) is 26.4. The molecule has 0 radical (unpaired) electrons. The van der Waals surface area contributed by atoms with Gasteiger partial charge in [0.05, 0.1) is 33.4 Å². The first-order valence-corrected chi connectivity index (χ1v) is 43.8. The molecule has 0 fully saturated rings. The normalized spacial score (nSPS) is 12.8. The second-order valence-electron chi connectivity index (χ2n) is 37.1. The summed E-state index contributed by atoms with van der Waals surface area (Å²) in [5.41, 5.74) is 35.8. The van der Waals surface area contributed by atoms with Crippen LogP contribution in [0.25, 0.3) is 166 Å². The summed E-state index contributed by atoms with van der Waals surface area (Å²) < 4.78 is 19.4. The van der Waals surface area contributed by atoms with E-state index in [1.54, 1.807) is 0 Å². The van der Waals surface area contributed by atoms with Crippen LogP contribution in [0.3, 0.4) is 0 Å². The van der Waals surface area contributed by atoms with Crippen LogP contribution < -0.4 is 26.2 Å². The first-order chi connectivity index (χ1) is 60.9. The SMILES string of the molecule is CC(C)(C)c1cc(-c2ccccc2-c2ccccc2)c(N2c3cc(-n4c5ccccc5c5ccccc54)ccc3B3c4ccc(-n5c6ccccc6c6ccccc65)cc4N(c4c(-c5ccccc5-c5cc6ccccc6o5)cc(C(C)(C)C)cc4-c4ccccc4-c4cc5ccccc5o4)c4cc(C(C)(C)C)cc2c43)c(-c2ccccc2-c2ccccc2)c1. The number of para-hydroxylation sites is 6. The number of hydrogen-bond acceptors (Lipinski definition) is 4. The van der Waals surface area contributed by atoms with Crippen molar-refractivity contribution in [3.8, 4) is 101 Å². The van der Waals surface area contributed by atoms with Gasteiger partial charge in [-0.2, -0.15) is 0 Å². The highest BCUT2D eigenvalue weighted by molar-refractivity contribution is 7.00. The Morgan fingerprint density at radius 3 is 0.864 bits per heavy atom. The minimum atomic E-state index is -0.459. The molecular weight excluding hydrogens is 1520 g/mol. The summed E-state index contributed by atoms with van der Waals surface area (Å²) in [6, 6.07) is 146. The Morgan fingerprint density at radius 2 is 0.520 bits per heavy atom. The number of rotatable bonds is 12. The summed E-state index contributed by atoms with van der Waals surface area (Å²) in [5, 5.41) is 6.88. The Kier molecular flexibility index (Phi) is 17.3. The molecule has 4 aromatic heterocycles. The van der Waals surface area contributed by atoms with Crippen LogP contribution in [0.5, 0.6) is 0 Å². The van der Waals surface area contributed by atoms with Crippen molar-refractivity contribution in [1.29, 1.82) is 0 Å². The van der Waals surface area contributed by atoms with Crippen LogP contribution in [0.15, 0.2) is 397 Å². The maximum atomic E-state index is 7.16. The molecule has 125 heavy (non-hydrogen) atoms. The fourth-order valence-electron chi connectivity index (χ4n) is 20.3. The first-order valence-electron chi connectivity index (χ1n) is 43.8. The molecule has 0 spiro atoms. The Bertz CT molecular complexity index is 7500. The number of furan rings is 2. The van der Waals surface area contributed by atoms with E-state index < -0.39 is 5.41 Å². The van der Waals surface area contributed by atoms with Gasteiger partial charge in [-0.15, -0.1) is 0 Å². The van der Waals surface area contributed by atoms with E-state index in [0.717, 1.165) is 184 Å². The molecule has 2 aliphatic heterocycles. The maximum Gasteiger partial charge on any atom is 0.252 e. The number of benzene rings is 17. The quantitative estimate of drug-likeness (QED) is 0.114. The van der Waals surface area contributed by atoms with Crippen LogP contribution >= 0.6 is 0 Å². The van der Waals surface area contributed by atoms with E-state index in [0.29, 0.717) is 0 Å². The molecule has 0 saturated carbocycles. The second-order valence-corrected chi connectivity index (χ2v) is 37.1. The van der Waals surface area contributed by atoms with E-state index in [1.165, 1.54) is 49.2 Å². The molecule has 0 aliphatic carbocycles.